The van der Waals surface area contributed by atoms with Crippen molar-refractivity contribution in [3.8, 4) is 11.1 Å². The molecule has 0 aliphatic carbocycles. The zero-order valence-corrected chi connectivity index (χ0v) is 12.3. The molecular formula is C18H22N2. The van der Waals surface area contributed by atoms with E-state index < -0.39 is 0 Å². The Bertz CT molecular complexity index is 601. The Hall–Kier alpha value is -1.80. The molecule has 0 radical (unpaired) electrons. The molecule has 1 heterocycles. The van der Waals surface area contributed by atoms with E-state index in [2.05, 4.69) is 61.3 Å². The molecule has 0 saturated carbocycles. The standard InChI is InChI=1S/C18H22N2/c1-3-17(19)14-6-4-13(5-7-14)15-8-9-18-16(12-15)10-11-20(18)2/h4-9,12,17H,3,10-11,19H2,1-2H3. The Balaban J connectivity index is 1.90. The van der Waals surface area contributed by atoms with E-state index in [1.165, 1.54) is 27.9 Å². The average Bonchev–Trinajstić information content (AvgIpc) is 2.87. The van der Waals surface area contributed by atoms with Crippen molar-refractivity contribution in [2.75, 3.05) is 18.5 Å². The molecule has 1 aliphatic heterocycles. The van der Waals surface area contributed by atoms with Gasteiger partial charge in [0.1, 0.15) is 0 Å². The molecular weight excluding hydrogens is 244 g/mol. The first-order valence-corrected chi connectivity index (χ1v) is 7.39. The van der Waals surface area contributed by atoms with Gasteiger partial charge in [0.05, 0.1) is 0 Å². The molecule has 1 unspecified atom stereocenters. The molecule has 0 aromatic heterocycles. The van der Waals surface area contributed by atoms with Crippen LogP contribution in [0.3, 0.4) is 0 Å². The third kappa shape index (κ3) is 2.32. The van der Waals surface area contributed by atoms with Crippen molar-refractivity contribution in [1.29, 1.82) is 0 Å². The van der Waals surface area contributed by atoms with Gasteiger partial charge < -0.3 is 10.6 Å². The van der Waals surface area contributed by atoms with E-state index in [1.807, 2.05) is 0 Å². The van der Waals surface area contributed by atoms with Crippen LogP contribution in [0.2, 0.25) is 0 Å². The van der Waals surface area contributed by atoms with Crippen LogP contribution in [0, 0.1) is 0 Å². The van der Waals surface area contributed by atoms with Gasteiger partial charge in [0.15, 0.2) is 0 Å². The van der Waals surface area contributed by atoms with Gasteiger partial charge in [-0.3, -0.25) is 0 Å². The first-order chi connectivity index (χ1) is 9.69. The normalized spacial score (nSPS) is 15.2. The van der Waals surface area contributed by atoms with Gasteiger partial charge in [0.2, 0.25) is 0 Å². The van der Waals surface area contributed by atoms with Crippen molar-refractivity contribution in [2.24, 2.45) is 5.73 Å². The highest BCUT2D eigenvalue weighted by Crippen LogP contribution is 2.31. The van der Waals surface area contributed by atoms with Crippen LogP contribution in [-0.2, 0) is 6.42 Å². The number of nitrogens with zero attached hydrogens (tertiary/aromatic N) is 1. The second kappa shape index (κ2) is 5.29. The lowest BCUT2D eigenvalue weighted by Crippen LogP contribution is -2.12. The molecule has 104 valence electrons. The summed E-state index contributed by atoms with van der Waals surface area (Å²) in [6.45, 7) is 3.25. The quantitative estimate of drug-likeness (QED) is 0.916. The summed E-state index contributed by atoms with van der Waals surface area (Å²) in [6, 6.07) is 15.6. The second-order valence-electron chi connectivity index (χ2n) is 5.65. The Morgan fingerprint density at radius 1 is 1.10 bits per heavy atom. The smallest absolute Gasteiger partial charge is 0.0397 e. The number of anilines is 1. The summed E-state index contributed by atoms with van der Waals surface area (Å²) in [4.78, 5) is 2.32. The highest BCUT2D eigenvalue weighted by molar-refractivity contribution is 5.70. The fourth-order valence-electron chi connectivity index (χ4n) is 2.90. The number of fused-ring (bicyclic) bond motifs is 1. The van der Waals surface area contributed by atoms with Crippen LogP contribution in [0.4, 0.5) is 5.69 Å². The van der Waals surface area contributed by atoms with Gasteiger partial charge in [-0.2, -0.15) is 0 Å². The predicted molar refractivity (Wildman–Crippen MR) is 86.1 cm³/mol. The van der Waals surface area contributed by atoms with Crippen molar-refractivity contribution >= 4 is 5.69 Å². The maximum absolute atomic E-state index is 6.07. The fourth-order valence-corrected chi connectivity index (χ4v) is 2.90. The summed E-state index contributed by atoms with van der Waals surface area (Å²) >= 11 is 0. The minimum Gasteiger partial charge on any atom is -0.374 e. The lowest BCUT2D eigenvalue weighted by molar-refractivity contribution is 0.699. The maximum Gasteiger partial charge on any atom is 0.0397 e. The Morgan fingerprint density at radius 2 is 1.80 bits per heavy atom. The first kappa shape index (κ1) is 13.2. The zero-order chi connectivity index (χ0) is 14.1. The zero-order valence-electron chi connectivity index (χ0n) is 12.3. The van der Waals surface area contributed by atoms with Crippen LogP contribution in [0.5, 0.6) is 0 Å². The molecule has 1 aliphatic rings. The molecule has 2 nitrogen and oxygen atoms in total. The molecule has 2 aromatic carbocycles. The molecule has 0 bridgehead atoms. The largest absolute Gasteiger partial charge is 0.374 e. The first-order valence-electron chi connectivity index (χ1n) is 7.39. The molecule has 1 atom stereocenters. The minimum atomic E-state index is 0.151. The third-order valence-corrected chi connectivity index (χ3v) is 4.32. The Labute approximate surface area is 121 Å². The van der Waals surface area contributed by atoms with E-state index >= 15 is 0 Å². The van der Waals surface area contributed by atoms with Crippen LogP contribution in [0.15, 0.2) is 42.5 Å². The van der Waals surface area contributed by atoms with Crippen molar-refractivity contribution in [1.82, 2.24) is 0 Å². The van der Waals surface area contributed by atoms with Crippen LogP contribution in [0.25, 0.3) is 11.1 Å². The van der Waals surface area contributed by atoms with Crippen molar-refractivity contribution in [3.63, 3.8) is 0 Å². The number of hydrogen-bond donors (Lipinski definition) is 1. The molecule has 0 fully saturated rings. The molecule has 0 spiro atoms. The molecule has 2 heteroatoms. The van der Waals surface area contributed by atoms with E-state index in [1.54, 1.807) is 0 Å². The van der Waals surface area contributed by atoms with Gasteiger partial charge in [-0.25, -0.2) is 0 Å². The van der Waals surface area contributed by atoms with Gasteiger partial charge in [0.25, 0.3) is 0 Å². The maximum atomic E-state index is 6.07. The predicted octanol–water partition coefficient (Wildman–Crippen LogP) is 3.76. The topological polar surface area (TPSA) is 29.3 Å². The monoisotopic (exact) mass is 266 g/mol. The van der Waals surface area contributed by atoms with Gasteiger partial charge in [-0.1, -0.05) is 37.3 Å². The number of nitrogens with two attached hydrogens (primary N) is 1. The van der Waals surface area contributed by atoms with Gasteiger partial charge in [-0.05, 0) is 47.2 Å². The molecule has 2 N–H and O–H groups in total. The van der Waals surface area contributed by atoms with E-state index in [9.17, 15) is 0 Å². The Morgan fingerprint density at radius 3 is 2.50 bits per heavy atom. The molecule has 2 aromatic rings. The number of benzene rings is 2. The van der Waals surface area contributed by atoms with Crippen molar-refractivity contribution in [2.45, 2.75) is 25.8 Å². The number of rotatable bonds is 3. The van der Waals surface area contributed by atoms with E-state index in [0.717, 1.165) is 19.4 Å². The molecule has 0 amide bonds. The van der Waals surface area contributed by atoms with E-state index in [4.69, 9.17) is 5.73 Å². The highest BCUT2D eigenvalue weighted by Gasteiger charge is 2.15. The minimum absolute atomic E-state index is 0.151. The second-order valence-corrected chi connectivity index (χ2v) is 5.65. The van der Waals surface area contributed by atoms with Gasteiger partial charge >= 0.3 is 0 Å². The molecule has 3 rings (SSSR count). The van der Waals surface area contributed by atoms with Gasteiger partial charge in [-0.15, -0.1) is 0 Å². The summed E-state index contributed by atoms with van der Waals surface area (Å²) < 4.78 is 0. The van der Waals surface area contributed by atoms with Crippen LogP contribution in [0.1, 0.15) is 30.5 Å². The lowest BCUT2D eigenvalue weighted by atomic mass is 9.98. The average molecular weight is 266 g/mol. The Kier molecular flexibility index (Phi) is 3.49. The summed E-state index contributed by atoms with van der Waals surface area (Å²) in [7, 11) is 2.16. The van der Waals surface area contributed by atoms with Gasteiger partial charge in [0, 0.05) is 25.3 Å². The number of hydrogen-bond acceptors (Lipinski definition) is 2. The number of likely N-dealkylation sites (N-methyl/N-ethyl adjacent to an activating group) is 1. The van der Waals surface area contributed by atoms with Crippen molar-refractivity contribution in [3.05, 3.63) is 53.6 Å². The fraction of sp³-hybridized carbons (Fsp3) is 0.333. The highest BCUT2D eigenvalue weighted by atomic mass is 15.1. The van der Waals surface area contributed by atoms with E-state index in [-0.39, 0.29) is 6.04 Å². The summed E-state index contributed by atoms with van der Waals surface area (Å²) in [5, 5.41) is 0. The SMILES string of the molecule is CCC(N)c1ccc(-c2ccc3c(c2)CCN3C)cc1. The summed E-state index contributed by atoms with van der Waals surface area (Å²) in [5.74, 6) is 0. The summed E-state index contributed by atoms with van der Waals surface area (Å²) in [6.07, 6.45) is 2.13. The van der Waals surface area contributed by atoms with E-state index in [0.29, 0.717) is 0 Å². The molecule has 20 heavy (non-hydrogen) atoms. The lowest BCUT2D eigenvalue weighted by Gasteiger charge is -2.13. The molecule has 0 saturated heterocycles. The van der Waals surface area contributed by atoms with Crippen LogP contribution in [-0.4, -0.2) is 13.6 Å². The van der Waals surface area contributed by atoms with Crippen LogP contribution >= 0.6 is 0 Å². The van der Waals surface area contributed by atoms with Crippen molar-refractivity contribution < 1.29 is 0 Å². The third-order valence-electron chi connectivity index (χ3n) is 4.32. The van der Waals surface area contributed by atoms with Crippen LogP contribution < -0.4 is 10.6 Å². The summed E-state index contributed by atoms with van der Waals surface area (Å²) in [5.41, 5.74) is 12.7.